The average molecular weight is 285 g/mol. The molecule has 2 rings (SSSR count). The summed E-state index contributed by atoms with van der Waals surface area (Å²) < 4.78 is 24.1. The van der Waals surface area contributed by atoms with E-state index in [1.807, 2.05) is 24.3 Å². The monoisotopic (exact) mass is 285 g/mol. The predicted molar refractivity (Wildman–Crippen MR) is 79.8 cm³/mol. The van der Waals surface area contributed by atoms with Gasteiger partial charge in [0.2, 0.25) is 0 Å². The first-order chi connectivity index (χ1) is 10.3. The van der Waals surface area contributed by atoms with Gasteiger partial charge >= 0.3 is 0 Å². The summed E-state index contributed by atoms with van der Waals surface area (Å²) in [5, 5.41) is 0. The van der Waals surface area contributed by atoms with Crippen LogP contribution in [0.4, 0.5) is 4.39 Å². The SMILES string of the molecule is NCC#Cc1ccc(OCCOc2ccccc2F)cc1. The van der Waals surface area contributed by atoms with Crippen LogP contribution in [0.25, 0.3) is 0 Å². The van der Waals surface area contributed by atoms with Gasteiger partial charge in [-0.3, -0.25) is 0 Å². The molecule has 108 valence electrons. The molecule has 0 spiro atoms. The summed E-state index contributed by atoms with van der Waals surface area (Å²) in [5.74, 6) is 6.28. The van der Waals surface area contributed by atoms with Gasteiger partial charge in [0.1, 0.15) is 19.0 Å². The van der Waals surface area contributed by atoms with Crippen LogP contribution in [0.1, 0.15) is 5.56 Å². The molecule has 4 heteroatoms. The molecule has 0 aliphatic heterocycles. The molecule has 0 atom stereocenters. The van der Waals surface area contributed by atoms with Crippen molar-refractivity contribution < 1.29 is 13.9 Å². The third-order valence-electron chi connectivity index (χ3n) is 2.64. The first-order valence-corrected chi connectivity index (χ1v) is 6.59. The number of halogens is 1. The van der Waals surface area contributed by atoms with Crippen molar-refractivity contribution in [3.63, 3.8) is 0 Å². The maximum Gasteiger partial charge on any atom is 0.165 e. The highest BCUT2D eigenvalue weighted by Crippen LogP contribution is 2.15. The number of para-hydroxylation sites is 1. The molecule has 2 aromatic rings. The van der Waals surface area contributed by atoms with Crippen LogP contribution in [-0.2, 0) is 0 Å². The van der Waals surface area contributed by atoms with Crippen LogP contribution in [0, 0.1) is 17.7 Å². The lowest BCUT2D eigenvalue weighted by Crippen LogP contribution is -2.09. The molecule has 0 heterocycles. The minimum Gasteiger partial charge on any atom is -0.490 e. The van der Waals surface area contributed by atoms with Gasteiger partial charge in [-0.05, 0) is 36.4 Å². The average Bonchev–Trinajstić information content (AvgIpc) is 2.52. The quantitative estimate of drug-likeness (QED) is 0.678. The summed E-state index contributed by atoms with van der Waals surface area (Å²) in [6.45, 7) is 0.948. The van der Waals surface area contributed by atoms with E-state index in [9.17, 15) is 4.39 Å². The van der Waals surface area contributed by atoms with Crippen LogP contribution in [0.2, 0.25) is 0 Å². The Kier molecular flexibility index (Phi) is 5.62. The molecule has 0 amide bonds. The zero-order chi connectivity index (χ0) is 14.9. The van der Waals surface area contributed by atoms with Crippen LogP contribution in [0.5, 0.6) is 11.5 Å². The van der Waals surface area contributed by atoms with Gasteiger partial charge in [0, 0.05) is 5.56 Å². The van der Waals surface area contributed by atoms with Crippen LogP contribution >= 0.6 is 0 Å². The second kappa shape index (κ2) is 7.93. The van der Waals surface area contributed by atoms with Gasteiger partial charge in [0.15, 0.2) is 11.6 Å². The lowest BCUT2D eigenvalue weighted by molar-refractivity contribution is 0.211. The molecular formula is C17H16FNO2. The minimum atomic E-state index is -0.375. The van der Waals surface area contributed by atoms with Gasteiger partial charge in [-0.1, -0.05) is 24.0 Å². The van der Waals surface area contributed by atoms with Crippen molar-refractivity contribution in [2.24, 2.45) is 5.73 Å². The van der Waals surface area contributed by atoms with Crippen LogP contribution in [0.3, 0.4) is 0 Å². The molecule has 0 aliphatic rings. The zero-order valence-electron chi connectivity index (χ0n) is 11.5. The molecule has 0 radical (unpaired) electrons. The predicted octanol–water partition coefficient (Wildman–Crippen LogP) is 2.59. The summed E-state index contributed by atoms with van der Waals surface area (Å²) in [4.78, 5) is 0. The third kappa shape index (κ3) is 4.83. The van der Waals surface area contributed by atoms with Gasteiger partial charge < -0.3 is 15.2 Å². The molecule has 0 unspecified atom stereocenters. The normalized spacial score (nSPS) is 9.62. The third-order valence-corrected chi connectivity index (χ3v) is 2.64. The van der Waals surface area contributed by atoms with Crippen molar-refractivity contribution in [2.45, 2.75) is 0 Å². The molecule has 3 nitrogen and oxygen atoms in total. The molecule has 0 aliphatic carbocycles. The van der Waals surface area contributed by atoms with Crippen LogP contribution < -0.4 is 15.2 Å². The molecule has 2 N–H and O–H groups in total. The van der Waals surface area contributed by atoms with E-state index in [-0.39, 0.29) is 18.2 Å². The Hall–Kier alpha value is -2.51. The van der Waals surface area contributed by atoms with Crippen molar-refractivity contribution in [1.82, 2.24) is 0 Å². The van der Waals surface area contributed by atoms with E-state index >= 15 is 0 Å². The highest BCUT2D eigenvalue weighted by atomic mass is 19.1. The fourth-order valence-corrected chi connectivity index (χ4v) is 1.66. The number of benzene rings is 2. The van der Waals surface area contributed by atoms with Gasteiger partial charge in [0.25, 0.3) is 0 Å². The largest absolute Gasteiger partial charge is 0.490 e. The van der Waals surface area contributed by atoms with Crippen LogP contribution in [-0.4, -0.2) is 19.8 Å². The smallest absolute Gasteiger partial charge is 0.165 e. The molecule has 0 bridgehead atoms. The standard InChI is InChI=1S/C17H16FNO2/c18-16-5-1-2-6-17(16)21-13-12-20-15-9-7-14(8-10-15)4-3-11-19/h1-2,5-10H,11-13,19H2. The fraction of sp³-hybridized carbons (Fsp3) is 0.176. The topological polar surface area (TPSA) is 44.5 Å². The summed E-state index contributed by atoms with van der Waals surface area (Å²) >= 11 is 0. The highest BCUT2D eigenvalue weighted by molar-refractivity contribution is 5.38. The number of nitrogens with two attached hydrogens (primary N) is 1. The maximum atomic E-state index is 13.3. The van der Waals surface area contributed by atoms with Crippen molar-refractivity contribution >= 4 is 0 Å². The zero-order valence-corrected chi connectivity index (χ0v) is 11.5. The number of rotatable bonds is 5. The highest BCUT2D eigenvalue weighted by Gasteiger charge is 2.01. The van der Waals surface area contributed by atoms with E-state index in [4.69, 9.17) is 15.2 Å². The summed E-state index contributed by atoms with van der Waals surface area (Å²) in [6, 6.07) is 13.6. The Morgan fingerprint density at radius 2 is 1.67 bits per heavy atom. The molecule has 2 aromatic carbocycles. The van der Waals surface area contributed by atoms with Crippen molar-refractivity contribution in [2.75, 3.05) is 19.8 Å². The van der Waals surface area contributed by atoms with E-state index in [2.05, 4.69) is 11.8 Å². The molecule has 0 fully saturated rings. The van der Waals surface area contributed by atoms with Gasteiger partial charge in [-0.2, -0.15) is 0 Å². The first kappa shape index (κ1) is 14.9. The molecular weight excluding hydrogens is 269 g/mol. The van der Waals surface area contributed by atoms with E-state index in [0.29, 0.717) is 18.9 Å². The Bertz CT molecular complexity index is 629. The molecule has 0 aromatic heterocycles. The van der Waals surface area contributed by atoms with Gasteiger partial charge in [0.05, 0.1) is 6.54 Å². The minimum absolute atomic E-state index is 0.230. The Morgan fingerprint density at radius 3 is 2.38 bits per heavy atom. The second-order valence-electron chi connectivity index (χ2n) is 4.16. The molecule has 21 heavy (non-hydrogen) atoms. The van der Waals surface area contributed by atoms with E-state index in [1.54, 1.807) is 18.2 Å². The first-order valence-electron chi connectivity index (χ1n) is 6.59. The second-order valence-corrected chi connectivity index (χ2v) is 4.16. The lowest BCUT2D eigenvalue weighted by atomic mass is 10.2. The van der Waals surface area contributed by atoms with Gasteiger partial charge in [-0.15, -0.1) is 0 Å². The Balaban J connectivity index is 1.77. The molecule has 0 saturated carbocycles. The fourth-order valence-electron chi connectivity index (χ4n) is 1.66. The summed E-state index contributed by atoms with van der Waals surface area (Å²) in [6.07, 6.45) is 0. The Labute approximate surface area is 123 Å². The van der Waals surface area contributed by atoms with Crippen molar-refractivity contribution in [3.05, 3.63) is 59.9 Å². The van der Waals surface area contributed by atoms with E-state index in [1.165, 1.54) is 6.07 Å². The maximum absolute atomic E-state index is 13.3. The summed E-state index contributed by atoms with van der Waals surface area (Å²) in [7, 11) is 0. The Morgan fingerprint density at radius 1 is 0.952 bits per heavy atom. The van der Waals surface area contributed by atoms with E-state index in [0.717, 1.165) is 5.56 Å². The summed E-state index contributed by atoms with van der Waals surface area (Å²) in [5.41, 5.74) is 6.19. The number of hydrogen-bond donors (Lipinski definition) is 1. The lowest BCUT2D eigenvalue weighted by Gasteiger charge is -2.08. The number of ether oxygens (including phenoxy) is 2. The van der Waals surface area contributed by atoms with Crippen LogP contribution in [0.15, 0.2) is 48.5 Å². The van der Waals surface area contributed by atoms with Gasteiger partial charge in [-0.25, -0.2) is 4.39 Å². The number of hydrogen-bond acceptors (Lipinski definition) is 3. The van der Waals surface area contributed by atoms with Crippen molar-refractivity contribution in [1.29, 1.82) is 0 Å². The van der Waals surface area contributed by atoms with Crippen molar-refractivity contribution in [3.8, 4) is 23.3 Å². The molecule has 0 saturated heterocycles. The van der Waals surface area contributed by atoms with E-state index < -0.39 is 0 Å².